The Morgan fingerprint density at radius 3 is 2.57 bits per heavy atom. The third-order valence-corrected chi connectivity index (χ3v) is 4.14. The van der Waals surface area contributed by atoms with Crippen molar-refractivity contribution in [3.05, 3.63) is 83.2 Å². The van der Waals surface area contributed by atoms with Crippen molar-refractivity contribution in [2.45, 2.75) is 20.4 Å². The summed E-state index contributed by atoms with van der Waals surface area (Å²) in [7, 11) is 0. The summed E-state index contributed by atoms with van der Waals surface area (Å²) in [6.07, 6.45) is 3.59. The molecule has 0 aliphatic rings. The fourth-order valence-electron chi connectivity index (χ4n) is 2.58. The minimum Gasteiger partial charge on any atom is -0.483 e. The minimum absolute atomic E-state index is 0.187. The van der Waals surface area contributed by atoms with Crippen LogP contribution in [-0.4, -0.2) is 28.2 Å². The van der Waals surface area contributed by atoms with Crippen LogP contribution in [0.1, 0.15) is 27.0 Å². The van der Waals surface area contributed by atoms with Gasteiger partial charge in [0.25, 0.3) is 11.8 Å². The van der Waals surface area contributed by atoms with Gasteiger partial charge in [0.15, 0.2) is 6.61 Å². The van der Waals surface area contributed by atoms with Gasteiger partial charge >= 0.3 is 0 Å². The molecule has 0 saturated carbocycles. The van der Waals surface area contributed by atoms with E-state index in [0.29, 0.717) is 17.9 Å². The van der Waals surface area contributed by atoms with Crippen LogP contribution in [0.4, 0.5) is 0 Å². The van der Waals surface area contributed by atoms with E-state index in [9.17, 15) is 9.59 Å². The molecule has 0 atom stereocenters. The molecular formula is C21H22N4O3. The van der Waals surface area contributed by atoms with Crippen molar-refractivity contribution in [3.8, 4) is 5.75 Å². The number of carbonyl (C=O) groups is 2. The molecule has 0 bridgehead atoms. The van der Waals surface area contributed by atoms with Crippen LogP contribution < -0.4 is 15.6 Å². The first-order valence-corrected chi connectivity index (χ1v) is 8.87. The number of aromatic nitrogens is 2. The zero-order chi connectivity index (χ0) is 19.9. The number of carbonyl (C=O) groups excluding carboxylic acids is 2. The molecule has 0 aliphatic heterocycles. The molecule has 7 nitrogen and oxygen atoms in total. The number of rotatable bonds is 6. The van der Waals surface area contributed by atoms with Gasteiger partial charge in [0.05, 0.1) is 6.54 Å². The van der Waals surface area contributed by atoms with Crippen LogP contribution in [-0.2, 0) is 11.3 Å². The third kappa shape index (κ3) is 5.20. The van der Waals surface area contributed by atoms with Gasteiger partial charge in [-0.2, -0.15) is 5.10 Å². The smallest absolute Gasteiger partial charge is 0.276 e. The lowest BCUT2D eigenvalue weighted by Gasteiger charge is -2.11. The van der Waals surface area contributed by atoms with E-state index < -0.39 is 11.8 Å². The van der Waals surface area contributed by atoms with Crippen LogP contribution in [0.15, 0.2) is 60.9 Å². The highest BCUT2D eigenvalue weighted by Gasteiger charge is 2.09. The normalized spacial score (nSPS) is 10.4. The van der Waals surface area contributed by atoms with Gasteiger partial charge in [-0.25, -0.2) is 0 Å². The molecule has 0 radical (unpaired) electrons. The van der Waals surface area contributed by atoms with Crippen LogP contribution in [0.5, 0.6) is 5.75 Å². The SMILES string of the molecule is Cc1ccc(C)c(OCC(=O)NNC(=O)c2ccc(Cn3cccn3)cc2)c1. The molecule has 3 rings (SSSR count). The van der Waals surface area contributed by atoms with E-state index >= 15 is 0 Å². The van der Waals surface area contributed by atoms with Crippen molar-refractivity contribution in [1.82, 2.24) is 20.6 Å². The second-order valence-electron chi connectivity index (χ2n) is 6.46. The van der Waals surface area contributed by atoms with Crippen LogP contribution in [0.3, 0.4) is 0 Å². The highest BCUT2D eigenvalue weighted by molar-refractivity contribution is 5.95. The molecular weight excluding hydrogens is 356 g/mol. The first-order valence-electron chi connectivity index (χ1n) is 8.87. The second-order valence-corrected chi connectivity index (χ2v) is 6.46. The zero-order valence-corrected chi connectivity index (χ0v) is 15.8. The average Bonchev–Trinajstić information content (AvgIpc) is 3.20. The molecule has 0 spiro atoms. The number of ether oxygens (including phenoxy) is 1. The number of aryl methyl sites for hydroxylation is 2. The molecule has 0 saturated heterocycles. The topological polar surface area (TPSA) is 85.3 Å². The number of hydrogen-bond donors (Lipinski definition) is 2. The van der Waals surface area contributed by atoms with E-state index in [1.807, 2.05) is 56.4 Å². The molecule has 1 heterocycles. The second kappa shape index (κ2) is 8.85. The fraction of sp³-hybridized carbons (Fsp3) is 0.190. The molecule has 2 N–H and O–H groups in total. The Kier molecular flexibility index (Phi) is 6.06. The third-order valence-electron chi connectivity index (χ3n) is 4.14. The van der Waals surface area contributed by atoms with Crippen molar-refractivity contribution in [2.75, 3.05) is 6.61 Å². The summed E-state index contributed by atoms with van der Waals surface area (Å²) in [5.74, 6) is -0.190. The Morgan fingerprint density at radius 2 is 1.86 bits per heavy atom. The first kappa shape index (κ1) is 19.2. The predicted octanol–water partition coefficient (Wildman–Crippen LogP) is 2.39. The van der Waals surface area contributed by atoms with Crippen molar-refractivity contribution >= 4 is 11.8 Å². The van der Waals surface area contributed by atoms with Crippen LogP contribution in [0, 0.1) is 13.8 Å². The van der Waals surface area contributed by atoms with Crippen LogP contribution in [0.25, 0.3) is 0 Å². The maximum atomic E-state index is 12.2. The Bertz CT molecular complexity index is 950. The lowest BCUT2D eigenvalue weighted by atomic mass is 10.1. The summed E-state index contributed by atoms with van der Waals surface area (Å²) in [6, 6.07) is 14.7. The van der Waals surface area contributed by atoms with E-state index in [4.69, 9.17) is 4.74 Å². The van der Waals surface area contributed by atoms with E-state index in [-0.39, 0.29) is 6.61 Å². The van der Waals surface area contributed by atoms with Gasteiger partial charge in [0.2, 0.25) is 0 Å². The molecule has 0 fully saturated rings. The monoisotopic (exact) mass is 378 g/mol. The van der Waals surface area contributed by atoms with Gasteiger partial charge in [-0.15, -0.1) is 0 Å². The van der Waals surface area contributed by atoms with Crippen LogP contribution >= 0.6 is 0 Å². The molecule has 2 aromatic carbocycles. The minimum atomic E-state index is -0.440. The summed E-state index contributed by atoms with van der Waals surface area (Å²) < 4.78 is 7.31. The molecule has 1 aromatic heterocycles. The standard InChI is InChI=1S/C21H22N4O3/c1-15-4-5-16(2)19(12-15)28-14-20(26)23-24-21(27)18-8-6-17(7-9-18)13-25-11-3-10-22-25/h3-12H,13-14H2,1-2H3,(H,23,26)(H,24,27). The number of nitrogens with one attached hydrogen (secondary N) is 2. The lowest BCUT2D eigenvalue weighted by Crippen LogP contribution is -2.43. The predicted molar refractivity (Wildman–Crippen MR) is 105 cm³/mol. The molecule has 7 heteroatoms. The van der Waals surface area contributed by atoms with Gasteiger partial charge in [0.1, 0.15) is 5.75 Å². The zero-order valence-electron chi connectivity index (χ0n) is 15.8. The van der Waals surface area contributed by atoms with Gasteiger partial charge < -0.3 is 4.74 Å². The van der Waals surface area contributed by atoms with Crippen molar-refractivity contribution in [2.24, 2.45) is 0 Å². The van der Waals surface area contributed by atoms with E-state index in [1.165, 1.54) is 0 Å². The molecule has 0 aliphatic carbocycles. The highest BCUT2D eigenvalue weighted by atomic mass is 16.5. The van der Waals surface area contributed by atoms with Crippen molar-refractivity contribution in [3.63, 3.8) is 0 Å². The van der Waals surface area contributed by atoms with Gasteiger partial charge in [-0.05, 0) is 54.8 Å². The molecule has 0 unspecified atom stereocenters. The average molecular weight is 378 g/mol. The first-order chi connectivity index (χ1) is 13.5. The maximum Gasteiger partial charge on any atom is 0.276 e. The largest absolute Gasteiger partial charge is 0.483 e. The number of hydrogen-bond acceptors (Lipinski definition) is 4. The van der Waals surface area contributed by atoms with Gasteiger partial charge in [-0.1, -0.05) is 24.3 Å². The summed E-state index contributed by atoms with van der Waals surface area (Å²) in [5.41, 5.74) is 8.20. The number of nitrogens with zero attached hydrogens (tertiary/aromatic N) is 2. The maximum absolute atomic E-state index is 12.2. The van der Waals surface area contributed by atoms with E-state index in [2.05, 4.69) is 16.0 Å². The lowest BCUT2D eigenvalue weighted by molar-refractivity contribution is -0.123. The Morgan fingerprint density at radius 1 is 1.07 bits per heavy atom. The summed E-state index contributed by atoms with van der Waals surface area (Å²) in [4.78, 5) is 24.1. The molecule has 2 amide bonds. The summed E-state index contributed by atoms with van der Waals surface area (Å²) >= 11 is 0. The molecule has 28 heavy (non-hydrogen) atoms. The summed E-state index contributed by atoms with van der Waals surface area (Å²) in [6.45, 7) is 4.30. The fourth-order valence-corrected chi connectivity index (χ4v) is 2.58. The molecule has 144 valence electrons. The van der Waals surface area contributed by atoms with Crippen molar-refractivity contribution in [1.29, 1.82) is 0 Å². The van der Waals surface area contributed by atoms with Gasteiger partial charge in [0, 0.05) is 18.0 Å². The van der Waals surface area contributed by atoms with Gasteiger partial charge in [-0.3, -0.25) is 25.1 Å². The Hall–Kier alpha value is -3.61. The van der Waals surface area contributed by atoms with Crippen LogP contribution in [0.2, 0.25) is 0 Å². The highest BCUT2D eigenvalue weighted by Crippen LogP contribution is 2.18. The van der Waals surface area contributed by atoms with E-state index in [1.54, 1.807) is 23.0 Å². The Balaban J connectivity index is 1.46. The number of benzene rings is 2. The Labute approximate surface area is 163 Å². The quantitative estimate of drug-likeness (QED) is 0.645. The molecule has 3 aromatic rings. The number of amides is 2. The summed E-state index contributed by atoms with van der Waals surface area (Å²) in [5, 5.41) is 4.15. The number of hydrazine groups is 1. The van der Waals surface area contributed by atoms with Crippen molar-refractivity contribution < 1.29 is 14.3 Å². The van der Waals surface area contributed by atoms with E-state index in [0.717, 1.165) is 16.7 Å².